The lowest BCUT2D eigenvalue weighted by atomic mass is 9.84. The molecule has 556 valence electrons. The minimum absolute atomic E-state index is 0.0216. The number of hydrogen-bond acceptors (Lipinski definition) is 10. The van der Waals surface area contributed by atoms with Gasteiger partial charge in [-0.2, -0.15) is 0 Å². The third kappa shape index (κ3) is 15.9. The van der Waals surface area contributed by atoms with Crippen LogP contribution in [0, 0.1) is 35.5 Å². The van der Waals surface area contributed by atoms with E-state index in [0.29, 0.717) is 84.0 Å². The van der Waals surface area contributed by atoms with E-state index < -0.39 is 0 Å². The van der Waals surface area contributed by atoms with E-state index in [-0.39, 0.29) is 23.6 Å². The number of nitrogens with zero attached hydrogens (tertiary/aromatic N) is 4. The van der Waals surface area contributed by atoms with Gasteiger partial charge in [0.05, 0.1) is 64.6 Å². The zero-order chi connectivity index (χ0) is 73.3. The van der Waals surface area contributed by atoms with Crippen LogP contribution >= 0.6 is 68.0 Å². The Morgan fingerprint density at radius 1 is 0.298 bits per heavy atom. The molecule has 104 heavy (non-hydrogen) atoms. The maximum Gasteiger partial charge on any atom is 0.261 e. The highest BCUT2D eigenvalue weighted by Crippen LogP contribution is 2.55. The molecule has 4 aliphatic rings. The lowest BCUT2D eigenvalue weighted by molar-refractivity contribution is -0.124. The Bertz CT molecular complexity index is 4170. The highest BCUT2D eigenvalue weighted by Gasteiger charge is 2.52. The summed E-state index contributed by atoms with van der Waals surface area (Å²) in [6, 6.07) is 27.5. The molecule has 2 aromatic carbocycles. The minimum Gasteiger partial charge on any atom is -0.306 e. The lowest BCUT2D eigenvalue weighted by Gasteiger charge is -2.29. The third-order valence-electron chi connectivity index (χ3n) is 23.7. The predicted octanol–water partition coefficient (Wildman–Crippen LogP) is 26.8. The van der Waals surface area contributed by atoms with Crippen LogP contribution < -0.4 is 0 Å². The van der Waals surface area contributed by atoms with Crippen LogP contribution in [0.3, 0.4) is 0 Å². The van der Waals surface area contributed by atoms with Gasteiger partial charge in [0.25, 0.3) is 23.6 Å². The Morgan fingerprint density at radius 2 is 0.577 bits per heavy atom. The van der Waals surface area contributed by atoms with Crippen LogP contribution in [-0.4, -0.2) is 69.4 Å². The molecule has 6 aromatic heterocycles. The molecule has 0 radical (unpaired) electrons. The third-order valence-corrected chi connectivity index (χ3v) is 30.2. The van der Waals surface area contributed by atoms with E-state index in [2.05, 4.69) is 167 Å². The van der Waals surface area contributed by atoms with Crippen LogP contribution in [0.4, 0.5) is 0 Å². The summed E-state index contributed by atoms with van der Waals surface area (Å²) in [5, 5.41) is 9.62. The first-order valence-electron chi connectivity index (χ1n) is 40.7. The van der Waals surface area contributed by atoms with Gasteiger partial charge in [0.15, 0.2) is 0 Å². The van der Waals surface area contributed by atoms with Crippen LogP contribution in [0.2, 0.25) is 0 Å². The number of amides is 4. The lowest BCUT2D eigenvalue weighted by Crippen LogP contribution is -2.34. The van der Waals surface area contributed by atoms with E-state index >= 15 is 19.2 Å². The van der Waals surface area contributed by atoms with Gasteiger partial charge in [-0.1, -0.05) is 224 Å². The molecule has 14 heteroatoms. The highest BCUT2D eigenvalue weighted by atomic mass is 32.1. The number of benzene rings is 2. The molecule has 4 amide bonds. The normalized spacial score (nSPS) is 16.8. The smallest absolute Gasteiger partial charge is 0.261 e. The maximum atomic E-state index is 15.6. The number of fused-ring (bicyclic) bond motifs is 5. The average Bonchev–Trinajstić information content (AvgIpc) is 1.56. The number of unbranched alkanes of at least 4 members (excludes halogenated alkanes) is 6. The number of carbonyl (C=O) groups excluding carboxylic acids is 4. The van der Waals surface area contributed by atoms with Gasteiger partial charge in [-0.3, -0.25) is 19.2 Å². The van der Waals surface area contributed by atoms with Crippen molar-refractivity contribution in [1.82, 2.24) is 19.6 Å². The van der Waals surface area contributed by atoms with Gasteiger partial charge in [0, 0.05) is 55.1 Å². The van der Waals surface area contributed by atoms with Crippen molar-refractivity contribution in [2.45, 2.75) is 250 Å². The second-order valence-electron chi connectivity index (χ2n) is 30.6. The van der Waals surface area contributed by atoms with Crippen LogP contribution in [0.15, 0.2) is 106 Å². The Labute approximate surface area is 646 Å². The Hall–Kier alpha value is -5.74. The summed E-state index contributed by atoms with van der Waals surface area (Å²) in [6.07, 6.45) is 28.4. The molecular weight excluding hydrogens is 1390 g/mol. The fraction of sp³-hybridized carbons (Fsp3) is 0.533. The van der Waals surface area contributed by atoms with Crippen molar-refractivity contribution < 1.29 is 19.2 Å². The molecule has 0 spiro atoms. The van der Waals surface area contributed by atoms with Gasteiger partial charge >= 0.3 is 0 Å². The Morgan fingerprint density at radius 3 is 0.846 bits per heavy atom. The molecule has 12 rings (SSSR count). The van der Waals surface area contributed by atoms with Crippen molar-refractivity contribution >= 4 is 145 Å². The van der Waals surface area contributed by atoms with Gasteiger partial charge < -0.3 is 19.6 Å². The second-order valence-corrected chi connectivity index (χ2v) is 36.8. The zero-order valence-corrected chi connectivity index (χ0v) is 69.5. The van der Waals surface area contributed by atoms with Crippen LogP contribution in [0.5, 0.6) is 0 Å². The SMILES string of the molecule is CCCCC(CC)Cc1c2cc(-c3ccc(C4=C5C(=O)N(CC(CC)CCCC)C(c6cccs6)=C5C(=O)N4CC(CC)CCCC)s3)sc2cc2c(CC(CC)CCCC)c3cc(-c4ccc(C5=C6C(=O)N(CC(CC)CCCC)C(c7cccs7)=C6C(=O)N5CC(CC)CCCC)s4)sc3cc12. The Balaban J connectivity index is 0.998. The van der Waals surface area contributed by atoms with Crippen molar-refractivity contribution in [1.29, 1.82) is 0 Å². The van der Waals surface area contributed by atoms with Crippen LogP contribution in [-0.2, 0) is 32.0 Å². The Kier molecular flexibility index (Phi) is 26.9. The van der Waals surface area contributed by atoms with Crippen molar-refractivity contribution in [3.63, 3.8) is 0 Å². The molecule has 6 atom stereocenters. The molecule has 0 saturated carbocycles. The summed E-state index contributed by atoms with van der Waals surface area (Å²) in [5.41, 5.74) is 8.57. The predicted molar refractivity (Wildman–Crippen MR) is 452 cm³/mol. The largest absolute Gasteiger partial charge is 0.306 e. The summed E-state index contributed by atoms with van der Waals surface area (Å²) < 4.78 is 2.63. The molecule has 0 N–H and O–H groups in total. The standard InChI is InChI=1S/C90H116N4O4S6/c1-13-25-33-57(19-7)47-63-65-49-76-68(52-78(104-76)70-42-44-74(102-70)86-82-80(88(96)94(86)56-62(24-12)38-30-18-6)84(72-40-32-46-100-72)92(90(82)98)54-60(22-10)36-28-16-4)64(48-58(20-8)34-26-14-2)66(65)50-75-67(63)51-77(103-75)69-41-43-73(101-69)85-81-79(87(95)93(85)55-61(23-11)37-29-17-5)83(71-39-31-45-99-71)91(89(81)97)53-59(21-9)35-27-15-3/h31-32,39-46,49-52,57-62H,13-30,33-38,47-48,53-56H2,1-12H3. The summed E-state index contributed by atoms with van der Waals surface area (Å²) in [5.74, 6) is 2.30. The van der Waals surface area contributed by atoms with E-state index in [4.69, 9.17) is 0 Å². The van der Waals surface area contributed by atoms with Crippen LogP contribution in [0.25, 0.3) is 73.2 Å². The fourth-order valence-electron chi connectivity index (χ4n) is 17.1. The van der Waals surface area contributed by atoms with Crippen molar-refractivity contribution in [2.24, 2.45) is 35.5 Å². The maximum absolute atomic E-state index is 15.6. The summed E-state index contributed by atoms with van der Waals surface area (Å²) >= 11 is 10.6. The van der Waals surface area contributed by atoms with Gasteiger partial charge in [-0.15, -0.1) is 68.0 Å². The molecule has 4 aliphatic heterocycles. The van der Waals surface area contributed by atoms with Gasteiger partial charge in [0.2, 0.25) is 0 Å². The first-order chi connectivity index (χ1) is 50.7. The zero-order valence-electron chi connectivity index (χ0n) is 64.6. The number of rotatable bonds is 42. The average molecular weight is 1510 g/mol. The molecule has 6 unspecified atom stereocenters. The number of carbonyl (C=O) groups is 4. The van der Waals surface area contributed by atoms with E-state index in [1.54, 1.807) is 45.3 Å². The molecule has 0 fully saturated rings. The van der Waals surface area contributed by atoms with Gasteiger partial charge in [0.1, 0.15) is 0 Å². The molecule has 8 nitrogen and oxygen atoms in total. The van der Waals surface area contributed by atoms with E-state index in [0.717, 1.165) is 171 Å². The topological polar surface area (TPSA) is 81.2 Å². The molecular formula is C90H116N4O4S6. The van der Waals surface area contributed by atoms with E-state index in [1.807, 2.05) is 42.3 Å². The van der Waals surface area contributed by atoms with E-state index in [1.165, 1.54) is 100 Å². The molecule has 0 saturated heterocycles. The van der Waals surface area contributed by atoms with Gasteiger partial charge in [-0.05, 0) is 178 Å². The summed E-state index contributed by atoms with van der Waals surface area (Å²) in [7, 11) is 0. The number of thiophene rings is 6. The molecule has 8 aromatic rings. The van der Waals surface area contributed by atoms with Crippen molar-refractivity contribution in [3.05, 3.63) is 136 Å². The molecule has 0 aliphatic carbocycles. The molecule has 0 bridgehead atoms. The van der Waals surface area contributed by atoms with Crippen LogP contribution in [0.1, 0.15) is 268 Å². The first-order valence-corrected chi connectivity index (χ1v) is 45.7. The fourth-order valence-corrected chi connectivity index (χ4v) is 23.2. The monoisotopic (exact) mass is 1510 g/mol. The van der Waals surface area contributed by atoms with Crippen molar-refractivity contribution in [2.75, 3.05) is 26.2 Å². The summed E-state index contributed by atoms with van der Waals surface area (Å²) in [6.45, 7) is 29.9. The first kappa shape index (κ1) is 77.9. The summed E-state index contributed by atoms with van der Waals surface area (Å²) in [4.78, 5) is 79.2. The number of hydrogen-bond donors (Lipinski definition) is 0. The highest BCUT2D eigenvalue weighted by molar-refractivity contribution is 7.27. The van der Waals surface area contributed by atoms with E-state index in [9.17, 15) is 0 Å². The second kappa shape index (κ2) is 36.0. The van der Waals surface area contributed by atoms with Gasteiger partial charge in [-0.25, -0.2) is 0 Å². The van der Waals surface area contributed by atoms with Crippen molar-refractivity contribution in [3.8, 4) is 19.5 Å². The molecule has 10 heterocycles. The quantitative estimate of drug-likeness (QED) is 0.0382. The minimum atomic E-state index is -0.0216.